The number of unbranched alkanes of at least 4 members (excludes halogenated alkanes) is 11. The van der Waals surface area contributed by atoms with Crippen molar-refractivity contribution >= 4 is 11.9 Å². The Bertz CT molecular complexity index is 370. The number of likely N-dealkylation sites (N-methyl/N-ethyl adjacent to an activating group) is 1. The van der Waals surface area contributed by atoms with Gasteiger partial charge in [0.25, 0.3) is 0 Å². The second kappa shape index (κ2) is 20.0. The second-order valence-corrected chi connectivity index (χ2v) is 6.98. The summed E-state index contributed by atoms with van der Waals surface area (Å²) in [5, 5.41) is 8.64. The van der Waals surface area contributed by atoms with Crippen molar-refractivity contribution in [2.75, 3.05) is 13.6 Å². The molecule has 0 saturated carbocycles. The summed E-state index contributed by atoms with van der Waals surface area (Å²) in [7, 11) is 1.55. The highest BCUT2D eigenvalue weighted by atomic mass is 16.4. The van der Waals surface area contributed by atoms with E-state index in [-0.39, 0.29) is 18.6 Å². The topological polar surface area (TPSA) is 92.6 Å². The number of amides is 1. The normalized spacial score (nSPS) is 10.7. The molecule has 0 fully saturated rings. The fourth-order valence-electron chi connectivity index (χ4n) is 2.83. The molecule has 0 spiro atoms. The first kappa shape index (κ1) is 26.9. The van der Waals surface area contributed by atoms with E-state index in [0.29, 0.717) is 6.42 Å². The minimum atomic E-state index is -0.956. The van der Waals surface area contributed by atoms with E-state index in [1.165, 1.54) is 75.5 Å². The lowest BCUT2D eigenvalue weighted by Gasteiger charge is -2.14. The number of aliphatic carboxylic acids is 1. The minimum absolute atomic E-state index is 0. The van der Waals surface area contributed by atoms with Crippen molar-refractivity contribution in [3.63, 3.8) is 0 Å². The number of carbonyl (C=O) groups is 2. The van der Waals surface area contributed by atoms with Gasteiger partial charge in [0.15, 0.2) is 0 Å². The number of nitrogens with zero attached hydrogens (tertiary/aromatic N) is 1. The molecule has 154 valence electrons. The van der Waals surface area contributed by atoms with Crippen molar-refractivity contribution in [1.29, 1.82) is 0 Å². The summed E-state index contributed by atoms with van der Waals surface area (Å²) in [5.74, 6) is -1.02. The van der Waals surface area contributed by atoms with Crippen LogP contribution in [-0.2, 0) is 9.59 Å². The standard InChI is InChI=1S/C21H39NO3.H3N/c1-3-4-5-6-7-8-9-10-11-12-13-14-15-16-17-18-20(23)22(2)19-21(24)25;/h8-9H,3-7,10-19H2,1-2H3,(H,24,25);1H3/b9-8-;. The van der Waals surface area contributed by atoms with Gasteiger partial charge in [-0.1, -0.05) is 70.4 Å². The molecule has 4 N–H and O–H groups in total. The molecular formula is C21H42N2O3. The van der Waals surface area contributed by atoms with Gasteiger partial charge >= 0.3 is 5.97 Å². The number of rotatable bonds is 17. The van der Waals surface area contributed by atoms with E-state index in [1.54, 1.807) is 7.05 Å². The molecule has 0 aliphatic rings. The van der Waals surface area contributed by atoms with E-state index in [1.807, 2.05) is 0 Å². The Hall–Kier alpha value is -1.36. The number of carboxylic acid groups (broad SMARTS) is 1. The zero-order chi connectivity index (χ0) is 18.8. The maximum atomic E-state index is 11.7. The van der Waals surface area contributed by atoms with Crippen LogP contribution in [0.25, 0.3) is 0 Å². The van der Waals surface area contributed by atoms with Crippen LogP contribution in [0.5, 0.6) is 0 Å². The van der Waals surface area contributed by atoms with Gasteiger partial charge in [0, 0.05) is 13.5 Å². The molecule has 0 radical (unpaired) electrons. The SMILES string of the molecule is CCCCCC/C=C\CCCCCCCCCC(=O)N(C)CC(=O)O.N. The Labute approximate surface area is 160 Å². The number of allylic oxidation sites excluding steroid dienone is 2. The van der Waals surface area contributed by atoms with Gasteiger partial charge in [-0.25, -0.2) is 0 Å². The van der Waals surface area contributed by atoms with Gasteiger partial charge in [-0.15, -0.1) is 0 Å². The lowest BCUT2D eigenvalue weighted by Crippen LogP contribution is -2.31. The molecule has 0 aromatic carbocycles. The van der Waals surface area contributed by atoms with Crippen LogP contribution < -0.4 is 6.15 Å². The highest BCUT2D eigenvalue weighted by Crippen LogP contribution is 2.11. The third-order valence-corrected chi connectivity index (χ3v) is 4.45. The number of hydrogen-bond acceptors (Lipinski definition) is 3. The number of carboxylic acids is 1. The molecule has 26 heavy (non-hydrogen) atoms. The molecule has 0 aliphatic heterocycles. The van der Waals surface area contributed by atoms with Gasteiger partial charge < -0.3 is 16.2 Å². The minimum Gasteiger partial charge on any atom is -0.480 e. The summed E-state index contributed by atoms with van der Waals surface area (Å²) in [6.45, 7) is 2.04. The molecule has 5 heteroatoms. The van der Waals surface area contributed by atoms with E-state index in [9.17, 15) is 9.59 Å². The van der Waals surface area contributed by atoms with Crippen LogP contribution in [0, 0.1) is 0 Å². The fraction of sp³-hybridized carbons (Fsp3) is 0.810. The molecule has 0 aromatic rings. The van der Waals surface area contributed by atoms with Gasteiger partial charge in [-0.3, -0.25) is 9.59 Å². The largest absolute Gasteiger partial charge is 0.480 e. The average molecular weight is 371 g/mol. The van der Waals surface area contributed by atoms with Crippen molar-refractivity contribution in [3.8, 4) is 0 Å². The Morgan fingerprint density at radius 3 is 1.77 bits per heavy atom. The molecule has 1 amide bonds. The van der Waals surface area contributed by atoms with E-state index in [0.717, 1.165) is 12.8 Å². The molecule has 0 aliphatic carbocycles. The summed E-state index contributed by atoms with van der Waals surface area (Å²) < 4.78 is 0. The number of carbonyl (C=O) groups excluding carboxylic acids is 1. The fourth-order valence-corrected chi connectivity index (χ4v) is 2.83. The molecule has 0 rings (SSSR count). The smallest absolute Gasteiger partial charge is 0.323 e. The third-order valence-electron chi connectivity index (χ3n) is 4.45. The maximum Gasteiger partial charge on any atom is 0.323 e. The van der Waals surface area contributed by atoms with E-state index >= 15 is 0 Å². The van der Waals surface area contributed by atoms with E-state index in [4.69, 9.17) is 5.11 Å². The van der Waals surface area contributed by atoms with Crippen molar-refractivity contribution in [2.24, 2.45) is 0 Å². The third kappa shape index (κ3) is 19.0. The molecule has 0 unspecified atom stereocenters. The summed E-state index contributed by atoms with van der Waals surface area (Å²) in [4.78, 5) is 23.5. The van der Waals surface area contributed by atoms with Gasteiger partial charge in [-0.05, 0) is 32.1 Å². The predicted octanol–water partition coefficient (Wildman–Crippen LogP) is 5.73. The highest BCUT2D eigenvalue weighted by Gasteiger charge is 2.10. The Kier molecular flexibility index (Phi) is 20.6. The first-order valence-electron chi connectivity index (χ1n) is 10.2. The van der Waals surface area contributed by atoms with Crippen LogP contribution >= 0.6 is 0 Å². The molecule has 0 aromatic heterocycles. The van der Waals surface area contributed by atoms with Crippen LogP contribution in [0.2, 0.25) is 0 Å². The Balaban J connectivity index is 0. The van der Waals surface area contributed by atoms with E-state index < -0.39 is 5.97 Å². The molecular weight excluding hydrogens is 328 g/mol. The first-order valence-corrected chi connectivity index (χ1v) is 10.2. The van der Waals surface area contributed by atoms with E-state index in [2.05, 4.69) is 19.1 Å². The van der Waals surface area contributed by atoms with Crippen molar-refractivity contribution in [1.82, 2.24) is 11.1 Å². The molecule has 0 atom stereocenters. The quantitative estimate of drug-likeness (QED) is 0.252. The summed E-state index contributed by atoms with van der Waals surface area (Å²) in [6.07, 6.45) is 21.1. The van der Waals surface area contributed by atoms with Gasteiger partial charge in [-0.2, -0.15) is 0 Å². The van der Waals surface area contributed by atoms with Crippen LogP contribution in [0.1, 0.15) is 96.8 Å². The lowest BCUT2D eigenvalue weighted by molar-refractivity contribution is -0.143. The lowest BCUT2D eigenvalue weighted by atomic mass is 10.1. The summed E-state index contributed by atoms with van der Waals surface area (Å²) >= 11 is 0. The van der Waals surface area contributed by atoms with Crippen molar-refractivity contribution in [2.45, 2.75) is 96.8 Å². The molecule has 0 saturated heterocycles. The highest BCUT2D eigenvalue weighted by molar-refractivity contribution is 5.80. The molecule has 5 nitrogen and oxygen atoms in total. The predicted molar refractivity (Wildman–Crippen MR) is 110 cm³/mol. The van der Waals surface area contributed by atoms with Crippen molar-refractivity contribution in [3.05, 3.63) is 12.2 Å². The molecule has 0 heterocycles. The number of hydrogen-bond donors (Lipinski definition) is 2. The van der Waals surface area contributed by atoms with Crippen LogP contribution in [0.3, 0.4) is 0 Å². The second-order valence-electron chi connectivity index (χ2n) is 6.98. The van der Waals surface area contributed by atoms with Gasteiger partial charge in [0.2, 0.25) is 5.91 Å². The maximum absolute atomic E-state index is 11.7. The Morgan fingerprint density at radius 1 is 0.808 bits per heavy atom. The van der Waals surface area contributed by atoms with Crippen LogP contribution in [0.4, 0.5) is 0 Å². The van der Waals surface area contributed by atoms with Crippen LogP contribution in [-0.4, -0.2) is 35.5 Å². The molecule has 0 bridgehead atoms. The Morgan fingerprint density at radius 2 is 1.27 bits per heavy atom. The van der Waals surface area contributed by atoms with Crippen molar-refractivity contribution < 1.29 is 14.7 Å². The van der Waals surface area contributed by atoms with Gasteiger partial charge in [0.1, 0.15) is 6.54 Å². The average Bonchev–Trinajstić information content (AvgIpc) is 2.57. The monoisotopic (exact) mass is 370 g/mol. The first-order chi connectivity index (χ1) is 12.1. The zero-order valence-electron chi connectivity index (χ0n) is 17.2. The van der Waals surface area contributed by atoms with Crippen LogP contribution in [0.15, 0.2) is 12.2 Å². The summed E-state index contributed by atoms with van der Waals surface area (Å²) in [5.41, 5.74) is 0. The van der Waals surface area contributed by atoms with Gasteiger partial charge in [0.05, 0.1) is 0 Å². The zero-order valence-corrected chi connectivity index (χ0v) is 17.2. The summed E-state index contributed by atoms with van der Waals surface area (Å²) in [6, 6.07) is 0.